The Balaban J connectivity index is 1.78. The van der Waals surface area contributed by atoms with Crippen LogP contribution in [-0.4, -0.2) is 47.9 Å². The van der Waals surface area contributed by atoms with Crippen LogP contribution in [0, 0.1) is 0 Å². The first-order valence-corrected chi connectivity index (χ1v) is 8.00. The highest BCUT2D eigenvalue weighted by Gasteiger charge is 2.68. The number of quaternary nitrogens is 1. The van der Waals surface area contributed by atoms with Crippen LogP contribution in [0.1, 0.15) is 35.2 Å². The van der Waals surface area contributed by atoms with Crippen molar-refractivity contribution in [3.05, 3.63) is 29.3 Å². The Bertz CT molecular complexity index is 729. The van der Waals surface area contributed by atoms with E-state index in [2.05, 4.69) is 5.32 Å². The number of ether oxygens (including phenoxy) is 1. The third kappa shape index (κ3) is 1.94. The van der Waals surface area contributed by atoms with Gasteiger partial charge >= 0.3 is 5.91 Å². The largest absolute Gasteiger partial charge is 0.496 e. The van der Waals surface area contributed by atoms with Crippen molar-refractivity contribution < 1.29 is 23.6 Å². The maximum absolute atomic E-state index is 13.3. The first-order valence-electron chi connectivity index (χ1n) is 8.00. The molecule has 23 heavy (non-hydrogen) atoms. The standard InChI is InChI=1S/C17H18N2O4/c1-23-13-4-2-3-10-5-6-11-9-19(11,17(22)15(10)13)12-7-8-14(20)18-16(12)21/h2-4,11-12H,5-9H2,1H3/p+1. The normalized spacial score (nSPS) is 32.5. The van der Waals surface area contributed by atoms with Crippen LogP contribution in [-0.2, 0) is 16.0 Å². The van der Waals surface area contributed by atoms with E-state index in [1.807, 2.05) is 12.1 Å². The van der Waals surface area contributed by atoms with Gasteiger partial charge in [0.05, 0.1) is 7.11 Å². The molecule has 3 amide bonds. The summed E-state index contributed by atoms with van der Waals surface area (Å²) in [6, 6.07) is 5.36. The zero-order valence-corrected chi connectivity index (χ0v) is 13.0. The average molecular weight is 315 g/mol. The van der Waals surface area contributed by atoms with Gasteiger partial charge in [-0.15, -0.1) is 0 Å². The molecular formula is C17H19N2O4+. The van der Waals surface area contributed by atoms with Gasteiger partial charge in [-0.1, -0.05) is 12.1 Å². The Morgan fingerprint density at radius 2 is 2.00 bits per heavy atom. The minimum atomic E-state index is -0.457. The number of hydrogen-bond acceptors (Lipinski definition) is 4. The molecule has 6 heteroatoms. The number of piperidine rings is 1. The molecule has 3 aliphatic rings. The molecule has 0 aliphatic carbocycles. The topological polar surface area (TPSA) is 72.5 Å². The zero-order valence-electron chi connectivity index (χ0n) is 13.0. The lowest BCUT2D eigenvalue weighted by atomic mass is 10.00. The van der Waals surface area contributed by atoms with Crippen LogP contribution in [0.4, 0.5) is 0 Å². The van der Waals surface area contributed by atoms with Gasteiger partial charge in [0.1, 0.15) is 23.9 Å². The molecule has 3 unspecified atom stereocenters. The number of rotatable bonds is 2. The Morgan fingerprint density at radius 1 is 1.17 bits per heavy atom. The van der Waals surface area contributed by atoms with Crippen LogP contribution in [0.2, 0.25) is 0 Å². The summed E-state index contributed by atoms with van der Waals surface area (Å²) in [7, 11) is 1.56. The molecule has 1 N–H and O–H groups in total. The fraction of sp³-hybridized carbons (Fsp3) is 0.471. The molecule has 4 rings (SSSR count). The van der Waals surface area contributed by atoms with Crippen molar-refractivity contribution in [3.63, 3.8) is 0 Å². The maximum atomic E-state index is 13.3. The number of fused-ring (bicyclic) bond motifs is 2. The van der Waals surface area contributed by atoms with Gasteiger partial charge in [0.15, 0.2) is 6.04 Å². The van der Waals surface area contributed by atoms with Gasteiger partial charge in [0.25, 0.3) is 5.91 Å². The molecule has 3 heterocycles. The number of aryl methyl sites for hydroxylation is 1. The van der Waals surface area contributed by atoms with Gasteiger partial charge in [-0.25, -0.2) is 9.28 Å². The lowest BCUT2D eigenvalue weighted by Gasteiger charge is -2.29. The van der Waals surface area contributed by atoms with E-state index in [0.29, 0.717) is 30.7 Å². The first-order chi connectivity index (χ1) is 11.1. The number of carbonyl (C=O) groups excluding carboxylic acids is 3. The van der Waals surface area contributed by atoms with Crippen molar-refractivity contribution in [2.45, 2.75) is 37.8 Å². The lowest BCUT2D eigenvalue weighted by molar-refractivity contribution is -0.746. The Hall–Kier alpha value is -2.21. The summed E-state index contributed by atoms with van der Waals surface area (Å²) >= 11 is 0. The Morgan fingerprint density at radius 3 is 2.74 bits per heavy atom. The summed E-state index contributed by atoms with van der Waals surface area (Å²) in [5.41, 5.74) is 1.60. The van der Waals surface area contributed by atoms with E-state index in [4.69, 9.17) is 4.74 Å². The van der Waals surface area contributed by atoms with Gasteiger partial charge in [0.2, 0.25) is 5.91 Å². The molecule has 0 spiro atoms. The van der Waals surface area contributed by atoms with Gasteiger partial charge in [-0.3, -0.25) is 14.9 Å². The summed E-state index contributed by atoms with van der Waals surface area (Å²) < 4.78 is 5.56. The molecule has 2 fully saturated rings. The van der Waals surface area contributed by atoms with Gasteiger partial charge < -0.3 is 4.74 Å². The minimum Gasteiger partial charge on any atom is -0.496 e. The number of methoxy groups -OCH3 is 1. The highest BCUT2D eigenvalue weighted by molar-refractivity contribution is 6.02. The number of amides is 3. The molecule has 0 saturated carbocycles. The van der Waals surface area contributed by atoms with Crippen molar-refractivity contribution in [1.29, 1.82) is 0 Å². The van der Waals surface area contributed by atoms with Crippen molar-refractivity contribution in [2.75, 3.05) is 13.7 Å². The molecule has 1 aromatic carbocycles. The van der Waals surface area contributed by atoms with Gasteiger partial charge in [-0.05, 0) is 18.1 Å². The number of imide groups is 1. The van der Waals surface area contributed by atoms with E-state index < -0.39 is 6.04 Å². The summed E-state index contributed by atoms with van der Waals surface area (Å²) in [5.74, 6) is -0.0159. The SMILES string of the molecule is COc1cccc2c1C(=O)[N+]1(C3CCC(=O)NC3=O)CC1CC2. The molecule has 3 aliphatic heterocycles. The number of carbonyl (C=O) groups is 3. The number of nitrogens with one attached hydrogen (secondary N) is 1. The summed E-state index contributed by atoms with van der Waals surface area (Å²) in [6.45, 7) is 0.683. The molecule has 3 atom stereocenters. The van der Waals surface area contributed by atoms with E-state index in [-0.39, 0.29) is 28.2 Å². The fourth-order valence-electron chi connectivity index (χ4n) is 4.24. The molecule has 1 aromatic rings. The van der Waals surface area contributed by atoms with Crippen LogP contribution in [0.5, 0.6) is 5.75 Å². The quantitative estimate of drug-likeness (QED) is 0.497. The van der Waals surface area contributed by atoms with Crippen LogP contribution in [0.15, 0.2) is 18.2 Å². The molecule has 0 aromatic heterocycles. The number of hydrogen-bond donors (Lipinski definition) is 1. The van der Waals surface area contributed by atoms with Crippen molar-refractivity contribution >= 4 is 17.7 Å². The molecule has 6 nitrogen and oxygen atoms in total. The fourth-order valence-corrected chi connectivity index (χ4v) is 4.24. The van der Waals surface area contributed by atoms with Crippen LogP contribution in [0.25, 0.3) is 0 Å². The third-order valence-electron chi connectivity index (χ3n) is 5.47. The molecule has 0 bridgehead atoms. The van der Waals surface area contributed by atoms with Crippen molar-refractivity contribution in [3.8, 4) is 5.75 Å². The lowest BCUT2D eigenvalue weighted by Crippen LogP contribution is -2.57. The summed E-state index contributed by atoms with van der Waals surface area (Å²) in [5, 5.41) is 2.40. The van der Waals surface area contributed by atoms with Gasteiger partial charge in [0, 0.05) is 19.3 Å². The predicted octanol–water partition coefficient (Wildman–Crippen LogP) is 0.786. The molecule has 120 valence electrons. The summed E-state index contributed by atoms with van der Waals surface area (Å²) in [4.78, 5) is 37.1. The van der Waals surface area contributed by atoms with Crippen LogP contribution >= 0.6 is 0 Å². The van der Waals surface area contributed by atoms with E-state index in [1.54, 1.807) is 13.2 Å². The second-order valence-corrected chi connectivity index (χ2v) is 6.57. The van der Waals surface area contributed by atoms with Crippen LogP contribution in [0.3, 0.4) is 0 Å². The first kappa shape index (κ1) is 14.4. The molecule has 0 radical (unpaired) electrons. The van der Waals surface area contributed by atoms with Gasteiger partial charge in [-0.2, -0.15) is 0 Å². The van der Waals surface area contributed by atoms with E-state index in [1.165, 1.54) is 0 Å². The number of benzene rings is 1. The average Bonchev–Trinajstić information content (AvgIpc) is 3.27. The van der Waals surface area contributed by atoms with Crippen LogP contribution < -0.4 is 10.1 Å². The second kappa shape index (κ2) is 4.89. The Labute approximate surface area is 134 Å². The third-order valence-corrected chi connectivity index (χ3v) is 5.47. The highest BCUT2D eigenvalue weighted by Crippen LogP contribution is 2.46. The monoisotopic (exact) mass is 315 g/mol. The summed E-state index contributed by atoms with van der Waals surface area (Å²) in [6.07, 6.45) is 2.44. The maximum Gasteiger partial charge on any atom is 0.351 e. The predicted molar refractivity (Wildman–Crippen MR) is 80.7 cm³/mol. The number of nitrogens with zero attached hydrogens (tertiary/aromatic N) is 1. The molecular weight excluding hydrogens is 296 g/mol. The van der Waals surface area contributed by atoms with E-state index in [9.17, 15) is 14.4 Å². The van der Waals surface area contributed by atoms with E-state index >= 15 is 0 Å². The highest BCUT2D eigenvalue weighted by atomic mass is 16.5. The zero-order chi connectivity index (χ0) is 16.2. The second-order valence-electron chi connectivity index (χ2n) is 6.57. The minimum absolute atomic E-state index is 0.0329. The Kier molecular flexibility index (Phi) is 3.06. The molecule has 2 saturated heterocycles. The van der Waals surface area contributed by atoms with E-state index in [0.717, 1.165) is 18.4 Å². The van der Waals surface area contributed by atoms with Crippen molar-refractivity contribution in [1.82, 2.24) is 5.32 Å². The van der Waals surface area contributed by atoms with Crippen molar-refractivity contribution in [2.24, 2.45) is 0 Å². The smallest absolute Gasteiger partial charge is 0.351 e.